The Morgan fingerprint density at radius 2 is 0.646 bits per heavy atom. The molecule has 6 heteroatoms. The molecule has 0 aromatic carbocycles. The second kappa shape index (κ2) is 53.8. The number of hydrogen-bond donors (Lipinski definition) is 3. The first kappa shape index (κ1) is 63.9. The summed E-state index contributed by atoms with van der Waals surface area (Å²) < 4.78 is 5.98. The fourth-order valence-electron chi connectivity index (χ4n) is 9.67. The van der Waals surface area contributed by atoms with Crippen LogP contribution in [0.3, 0.4) is 0 Å². The Bertz CT molecular complexity index is 944. The van der Waals surface area contributed by atoms with Crippen molar-refractivity contribution in [3.63, 3.8) is 0 Å². The van der Waals surface area contributed by atoms with Crippen molar-refractivity contribution in [3.8, 4) is 0 Å². The normalized spacial score (nSPS) is 13.0. The first-order chi connectivity index (χ1) is 32.0. The molecule has 0 fully saturated rings. The van der Waals surface area contributed by atoms with E-state index in [1.165, 1.54) is 257 Å². The van der Waals surface area contributed by atoms with E-state index in [1.807, 2.05) is 0 Å². The van der Waals surface area contributed by atoms with Gasteiger partial charge in [0.2, 0.25) is 5.91 Å². The highest BCUT2D eigenvalue weighted by Gasteiger charge is 2.24. The number of hydrogen-bond acceptors (Lipinski definition) is 5. The predicted molar refractivity (Wildman–Crippen MR) is 283 cm³/mol. The number of esters is 1. The molecule has 3 atom stereocenters. The van der Waals surface area contributed by atoms with Gasteiger partial charge in [0.15, 0.2) is 0 Å². The Balaban J connectivity index is 4.44. The van der Waals surface area contributed by atoms with Crippen LogP contribution in [0.2, 0.25) is 0 Å². The summed E-state index contributed by atoms with van der Waals surface area (Å²) in [6.07, 6.45) is 60.3. The number of nitrogens with one attached hydrogen (secondary N) is 1. The molecule has 0 aliphatic rings. The molecule has 65 heavy (non-hydrogen) atoms. The third-order valence-corrected chi connectivity index (χ3v) is 14.2. The fourth-order valence-corrected chi connectivity index (χ4v) is 9.67. The maximum absolute atomic E-state index is 13.3. The van der Waals surface area contributed by atoms with Crippen LogP contribution in [-0.4, -0.2) is 46.9 Å². The summed E-state index contributed by atoms with van der Waals surface area (Å²) >= 11 is 0. The van der Waals surface area contributed by atoms with E-state index < -0.39 is 18.2 Å². The van der Waals surface area contributed by atoms with Crippen LogP contribution in [-0.2, 0) is 14.3 Å². The van der Waals surface area contributed by atoms with Crippen molar-refractivity contribution in [1.82, 2.24) is 5.32 Å². The van der Waals surface area contributed by atoms with Crippen LogP contribution in [0.25, 0.3) is 0 Å². The Morgan fingerprint density at radius 3 is 0.938 bits per heavy atom. The smallest absolute Gasteiger partial charge is 0.306 e. The molecule has 0 aliphatic heterocycles. The van der Waals surface area contributed by atoms with Crippen LogP contribution in [0.1, 0.15) is 342 Å². The number of rotatable bonds is 55. The number of carbonyl (C=O) groups excluding carboxylic acids is 2. The highest BCUT2D eigenvalue weighted by atomic mass is 16.5. The van der Waals surface area contributed by atoms with Gasteiger partial charge < -0.3 is 20.3 Å². The Morgan fingerprint density at radius 1 is 0.385 bits per heavy atom. The molecular formula is C59H117NO5. The Kier molecular flexibility index (Phi) is 52.9. The Hall–Kier alpha value is -1.14. The van der Waals surface area contributed by atoms with Crippen LogP contribution in [0.15, 0.2) is 0 Å². The molecule has 0 aliphatic carbocycles. The van der Waals surface area contributed by atoms with Gasteiger partial charge in [0, 0.05) is 6.42 Å². The van der Waals surface area contributed by atoms with E-state index in [1.54, 1.807) is 0 Å². The molecule has 388 valence electrons. The van der Waals surface area contributed by atoms with E-state index in [2.05, 4.69) is 26.1 Å². The summed E-state index contributed by atoms with van der Waals surface area (Å²) in [5.74, 6) is -0.443. The second-order valence-corrected chi connectivity index (χ2v) is 20.8. The lowest BCUT2D eigenvalue weighted by Gasteiger charge is -2.24. The van der Waals surface area contributed by atoms with Gasteiger partial charge in [-0.3, -0.25) is 9.59 Å². The van der Waals surface area contributed by atoms with Crippen molar-refractivity contribution in [3.05, 3.63) is 0 Å². The van der Waals surface area contributed by atoms with Gasteiger partial charge in [0.1, 0.15) is 6.10 Å². The number of unbranched alkanes of at least 4 members (excludes halogenated alkanes) is 43. The molecule has 0 spiro atoms. The summed E-state index contributed by atoms with van der Waals surface area (Å²) in [6, 6.07) is -0.693. The van der Waals surface area contributed by atoms with Gasteiger partial charge in [-0.05, 0) is 25.7 Å². The monoisotopic (exact) mass is 920 g/mol. The van der Waals surface area contributed by atoms with Gasteiger partial charge >= 0.3 is 5.97 Å². The fraction of sp³-hybridized carbons (Fsp3) is 0.966. The largest absolute Gasteiger partial charge is 0.462 e. The van der Waals surface area contributed by atoms with Crippen molar-refractivity contribution in [2.75, 3.05) is 6.61 Å². The van der Waals surface area contributed by atoms with E-state index in [-0.39, 0.29) is 24.9 Å². The zero-order chi connectivity index (χ0) is 47.4. The number of ether oxygens (including phenoxy) is 1. The minimum absolute atomic E-state index is 0.0886. The van der Waals surface area contributed by atoms with Crippen molar-refractivity contribution in [1.29, 1.82) is 0 Å². The minimum Gasteiger partial charge on any atom is -0.462 e. The van der Waals surface area contributed by atoms with Crippen molar-refractivity contribution < 1.29 is 24.5 Å². The van der Waals surface area contributed by atoms with Gasteiger partial charge in [0.05, 0.1) is 25.2 Å². The van der Waals surface area contributed by atoms with Crippen molar-refractivity contribution in [2.24, 2.45) is 0 Å². The van der Waals surface area contributed by atoms with Crippen molar-refractivity contribution in [2.45, 2.75) is 360 Å². The van der Waals surface area contributed by atoms with E-state index in [4.69, 9.17) is 4.74 Å². The molecule has 0 aromatic rings. The zero-order valence-electron chi connectivity index (χ0n) is 44.4. The van der Waals surface area contributed by atoms with Gasteiger partial charge in [-0.15, -0.1) is 0 Å². The maximum Gasteiger partial charge on any atom is 0.306 e. The number of aliphatic hydroxyl groups is 2. The number of carbonyl (C=O) groups is 2. The molecule has 0 aromatic heterocycles. The zero-order valence-corrected chi connectivity index (χ0v) is 44.4. The molecular weight excluding hydrogens is 803 g/mol. The topological polar surface area (TPSA) is 95.9 Å². The molecule has 0 radical (unpaired) electrons. The first-order valence-electron chi connectivity index (χ1n) is 29.8. The van der Waals surface area contributed by atoms with Gasteiger partial charge in [0.25, 0.3) is 0 Å². The summed E-state index contributed by atoms with van der Waals surface area (Å²) in [7, 11) is 0. The SMILES string of the molecule is CCCCCCCCCCCCCCCCCCCCCC(=O)OC(CCCCCCCCCCCCCCCC)CC(=O)NC(CO)C(O)CCCCCCCCCCCCCCC. The summed E-state index contributed by atoms with van der Waals surface area (Å²) in [5, 5.41) is 23.9. The molecule has 0 bridgehead atoms. The quantitative estimate of drug-likeness (QED) is 0.0417. The highest BCUT2D eigenvalue weighted by molar-refractivity contribution is 5.77. The van der Waals surface area contributed by atoms with Gasteiger partial charge in [-0.1, -0.05) is 303 Å². The lowest BCUT2D eigenvalue weighted by atomic mass is 10.0. The third-order valence-electron chi connectivity index (χ3n) is 14.2. The first-order valence-corrected chi connectivity index (χ1v) is 29.8. The molecule has 3 unspecified atom stereocenters. The van der Waals surface area contributed by atoms with E-state index >= 15 is 0 Å². The number of aliphatic hydroxyl groups excluding tert-OH is 2. The standard InChI is InChI=1S/C59H117NO5/c1-4-7-10-13-16-19-22-25-27-28-29-30-31-34-37-40-43-46-49-52-59(64)65-55(50-47-44-41-38-35-33-26-23-20-17-14-11-8-5-2)53-58(63)60-56(54-61)57(62)51-48-45-42-39-36-32-24-21-18-15-12-9-6-3/h55-57,61-62H,4-54H2,1-3H3,(H,60,63). The molecule has 0 saturated carbocycles. The average Bonchev–Trinajstić information content (AvgIpc) is 3.30. The summed E-state index contributed by atoms with van der Waals surface area (Å²) in [4.78, 5) is 26.3. The lowest BCUT2D eigenvalue weighted by Crippen LogP contribution is -2.46. The second-order valence-electron chi connectivity index (χ2n) is 20.8. The number of amides is 1. The highest BCUT2D eigenvalue weighted by Crippen LogP contribution is 2.19. The van der Waals surface area contributed by atoms with Crippen LogP contribution < -0.4 is 5.32 Å². The van der Waals surface area contributed by atoms with Crippen LogP contribution in [0, 0.1) is 0 Å². The van der Waals surface area contributed by atoms with Crippen LogP contribution in [0.4, 0.5) is 0 Å². The van der Waals surface area contributed by atoms with Crippen LogP contribution >= 0.6 is 0 Å². The maximum atomic E-state index is 13.3. The Labute approximate surface area is 406 Å². The minimum atomic E-state index is -0.780. The van der Waals surface area contributed by atoms with Crippen LogP contribution in [0.5, 0.6) is 0 Å². The van der Waals surface area contributed by atoms with E-state index in [0.29, 0.717) is 19.3 Å². The molecule has 1 amide bonds. The van der Waals surface area contributed by atoms with Crippen molar-refractivity contribution >= 4 is 11.9 Å². The van der Waals surface area contributed by atoms with Gasteiger partial charge in [-0.25, -0.2) is 0 Å². The predicted octanol–water partition coefficient (Wildman–Crippen LogP) is 18.3. The summed E-state index contributed by atoms with van der Waals surface area (Å²) in [5.41, 5.74) is 0. The molecule has 0 saturated heterocycles. The molecule has 6 nitrogen and oxygen atoms in total. The summed E-state index contributed by atoms with van der Waals surface area (Å²) in [6.45, 7) is 6.54. The lowest BCUT2D eigenvalue weighted by molar-refractivity contribution is -0.151. The molecule has 3 N–H and O–H groups in total. The van der Waals surface area contributed by atoms with E-state index in [9.17, 15) is 19.8 Å². The van der Waals surface area contributed by atoms with E-state index in [0.717, 1.165) is 38.5 Å². The molecule has 0 rings (SSSR count). The third kappa shape index (κ3) is 49.1. The average molecular weight is 921 g/mol. The van der Waals surface area contributed by atoms with Gasteiger partial charge in [-0.2, -0.15) is 0 Å². The molecule has 0 heterocycles.